The third-order valence-electron chi connectivity index (χ3n) is 8.44. The second-order valence-corrected chi connectivity index (χ2v) is 10.9. The van der Waals surface area contributed by atoms with Gasteiger partial charge in [0.05, 0.1) is 6.61 Å². The summed E-state index contributed by atoms with van der Waals surface area (Å²) >= 11 is 0. The Morgan fingerprint density at radius 3 is 2.70 bits per heavy atom. The number of benzene rings is 2. The molecular formula is C30H43N5O2. The number of fused-ring (bicyclic) bond motifs is 1. The molecule has 3 unspecified atom stereocenters. The SMILES string of the molecule is Cc1cccc(N2CCN(Cc3cccc(OCCCNC(=O)C4NNC5CCCCC54)c3)CC2)c1C. The van der Waals surface area contributed by atoms with E-state index in [1.165, 1.54) is 35.2 Å². The summed E-state index contributed by atoms with van der Waals surface area (Å²) in [7, 11) is 0. The first-order valence-corrected chi connectivity index (χ1v) is 14.1. The Hall–Kier alpha value is -2.61. The molecule has 2 saturated heterocycles. The zero-order valence-corrected chi connectivity index (χ0v) is 22.5. The molecule has 0 radical (unpaired) electrons. The number of rotatable bonds is 9. The number of nitrogens with one attached hydrogen (secondary N) is 3. The second-order valence-electron chi connectivity index (χ2n) is 10.9. The Kier molecular flexibility index (Phi) is 8.64. The lowest BCUT2D eigenvalue weighted by Crippen LogP contribution is -2.46. The molecule has 3 atom stereocenters. The lowest BCUT2D eigenvalue weighted by Gasteiger charge is -2.37. The van der Waals surface area contributed by atoms with E-state index in [4.69, 9.17) is 4.74 Å². The number of hydrogen-bond acceptors (Lipinski definition) is 6. The van der Waals surface area contributed by atoms with E-state index in [9.17, 15) is 4.79 Å². The highest BCUT2D eigenvalue weighted by atomic mass is 16.5. The molecule has 0 spiro atoms. The van der Waals surface area contributed by atoms with Crippen molar-refractivity contribution >= 4 is 11.6 Å². The number of piperazine rings is 1. The molecule has 200 valence electrons. The largest absolute Gasteiger partial charge is 0.494 e. The van der Waals surface area contributed by atoms with Crippen LogP contribution in [0.5, 0.6) is 5.75 Å². The van der Waals surface area contributed by atoms with Crippen molar-refractivity contribution in [2.75, 3.05) is 44.2 Å². The van der Waals surface area contributed by atoms with Crippen LogP contribution in [0.2, 0.25) is 0 Å². The number of anilines is 1. The zero-order chi connectivity index (χ0) is 25.6. The molecule has 37 heavy (non-hydrogen) atoms. The fraction of sp³-hybridized carbons (Fsp3) is 0.567. The molecular weight excluding hydrogens is 462 g/mol. The summed E-state index contributed by atoms with van der Waals surface area (Å²) < 4.78 is 6.02. The molecule has 1 aliphatic carbocycles. The smallest absolute Gasteiger partial charge is 0.238 e. The first kappa shape index (κ1) is 26.0. The normalized spacial score (nSPS) is 24.1. The highest BCUT2D eigenvalue weighted by Gasteiger charge is 2.40. The Morgan fingerprint density at radius 1 is 1.03 bits per heavy atom. The topological polar surface area (TPSA) is 68.9 Å². The highest BCUT2D eigenvalue weighted by molar-refractivity contribution is 5.82. The van der Waals surface area contributed by atoms with Crippen molar-refractivity contribution in [3.63, 3.8) is 0 Å². The third kappa shape index (κ3) is 6.46. The molecule has 7 nitrogen and oxygen atoms in total. The van der Waals surface area contributed by atoms with Gasteiger partial charge >= 0.3 is 0 Å². The summed E-state index contributed by atoms with van der Waals surface area (Å²) in [4.78, 5) is 17.7. The maximum absolute atomic E-state index is 12.6. The Bertz CT molecular complexity index is 1050. The number of aryl methyl sites for hydroxylation is 1. The van der Waals surface area contributed by atoms with Gasteiger partial charge in [0.25, 0.3) is 0 Å². The van der Waals surface area contributed by atoms with Gasteiger partial charge in [-0.25, -0.2) is 5.43 Å². The van der Waals surface area contributed by atoms with E-state index < -0.39 is 0 Å². The molecule has 0 bridgehead atoms. The van der Waals surface area contributed by atoms with Crippen molar-refractivity contribution in [1.82, 2.24) is 21.1 Å². The molecule has 3 N–H and O–H groups in total. The van der Waals surface area contributed by atoms with Gasteiger partial charge in [0.1, 0.15) is 11.8 Å². The lowest BCUT2D eigenvalue weighted by atomic mass is 9.81. The second kappa shape index (κ2) is 12.3. The maximum Gasteiger partial charge on any atom is 0.238 e. The first-order chi connectivity index (χ1) is 18.1. The number of hydrogen-bond donors (Lipinski definition) is 3. The molecule has 5 rings (SSSR count). The van der Waals surface area contributed by atoms with Gasteiger partial charge in [0.15, 0.2) is 0 Å². The number of carbonyl (C=O) groups is 1. The van der Waals surface area contributed by atoms with E-state index in [1.54, 1.807) is 0 Å². The van der Waals surface area contributed by atoms with Crippen LogP contribution >= 0.6 is 0 Å². The van der Waals surface area contributed by atoms with E-state index in [0.29, 0.717) is 25.1 Å². The van der Waals surface area contributed by atoms with Crippen molar-refractivity contribution < 1.29 is 9.53 Å². The van der Waals surface area contributed by atoms with E-state index in [2.05, 4.69) is 76.2 Å². The van der Waals surface area contributed by atoms with Gasteiger partial charge in [-0.05, 0) is 68.0 Å². The summed E-state index contributed by atoms with van der Waals surface area (Å²) in [5.74, 6) is 1.44. The molecule has 3 fully saturated rings. The van der Waals surface area contributed by atoms with Gasteiger partial charge in [-0.1, -0.05) is 37.1 Å². The molecule has 1 amide bonds. The van der Waals surface area contributed by atoms with Crippen LogP contribution in [-0.4, -0.2) is 62.2 Å². The minimum absolute atomic E-state index is 0.106. The van der Waals surface area contributed by atoms with Crippen LogP contribution in [0, 0.1) is 19.8 Å². The Morgan fingerprint density at radius 2 is 1.84 bits per heavy atom. The monoisotopic (exact) mass is 505 g/mol. The van der Waals surface area contributed by atoms with Crippen molar-refractivity contribution in [2.45, 2.75) is 64.6 Å². The van der Waals surface area contributed by atoms with Crippen LogP contribution in [0.15, 0.2) is 42.5 Å². The fourth-order valence-corrected chi connectivity index (χ4v) is 6.10. The van der Waals surface area contributed by atoms with Crippen LogP contribution in [0.1, 0.15) is 48.8 Å². The van der Waals surface area contributed by atoms with Crippen LogP contribution in [0.3, 0.4) is 0 Å². The predicted molar refractivity (Wildman–Crippen MR) is 149 cm³/mol. The molecule has 7 heteroatoms. The van der Waals surface area contributed by atoms with Crippen LogP contribution in [0.25, 0.3) is 0 Å². The average Bonchev–Trinajstić information content (AvgIpc) is 3.35. The van der Waals surface area contributed by atoms with Gasteiger partial charge in [0, 0.05) is 56.9 Å². The predicted octanol–water partition coefficient (Wildman–Crippen LogP) is 3.55. The number of ether oxygens (including phenoxy) is 1. The molecule has 2 aromatic carbocycles. The Labute approximate surface area is 221 Å². The van der Waals surface area contributed by atoms with E-state index in [1.807, 2.05) is 6.07 Å². The minimum Gasteiger partial charge on any atom is -0.494 e. The third-order valence-corrected chi connectivity index (χ3v) is 8.44. The summed E-state index contributed by atoms with van der Waals surface area (Å²) in [5.41, 5.74) is 12.0. The van der Waals surface area contributed by atoms with Crippen LogP contribution in [-0.2, 0) is 11.3 Å². The summed E-state index contributed by atoms with van der Waals surface area (Å²) in [5, 5.41) is 3.10. The standard InChI is InChI=1S/C30H43N5O2/c1-22-8-5-13-28(23(22)2)35-17-15-34(16-18-35)21-24-9-6-10-25(20-24)37-19-7-14-31-30(36)29-26-11-3-4-12-27(26)32-33-29/h5-6,8-10,13,20,26-27,29,32-33H,3-4,7,11-12,14-19,21H2,1-2H3,(H,31,36). The van der Waals surface area contributed by atoms with Gasteiger partial charge in [-0.15, -0.1) is 0 Å². The number of amides is 1. The first-order valence-electron chi connectivity index (χ1n) is 14.1. The van der Waals surface area contributed by atoms with Crippen LogP contribution in [0.4, 0.5) is 5.69 Å². The summed E-state index contributed by atoms with van der Waals surface area (Å²) in [6.07, 6.45) is 5.57. The van der Waals surface area contributed by atoms with Crippen molar-refractivity contribution in [3.05, 3.63) is 59.2 Å². The Balaban J connectivity index is 1.01. The van der Waals surface area contributed by atoms with E-state index in [-0.39, 0.29) is 11.9 Å². The molecule has 0 aromatic heterocycles. The molecule has 3 aliphatic rings. The van der Waals surface area contributed by atoms with Crippen molar-refractivity contribution in [2.24, 2.45) is 5.92 Å². The van der Waals surface area contributed by atoms with Crippen molar-refractivity contribution in [1.29, 1.82) is 0 Å². The minimum atomic E-state index is -0.106. The van der Waals surface area contributed by atoms with Crippen molar-refractivity contribution in [3.8, 4) is 5.75 Å². The quantitative estimate of drug-likeness (QED) is 0.453. The number of nitrogens with zero attached hydrogens (tertiary/aromatic N) is 2. The molecule has 2 aromatic rings. The number of hydrazine groups is 1. The van der Waals surface area contributed by atoms with Gasteiger partial charge in [-0.2, -0.15) is 0 Å². The zero-order valence-electron chi connectivity index (χ0n) is 22.5. The summed E-state index contributed by atoms with van der Waals surface area (Å²) in [6.45, 7) is 10.8. The van der Waals surface area contributed by atoms with Gasteiger partial charge < -0.3 is 15.0 Å². The fourth-order valence-electron chi connectivity index (χ4n) is 6.10. The summed E-state index contributed by atoms with van der Waals surface area (Å²) in [6, 6.07) is 15.4. The van der Waals surface area contributed by atoms with Crippen LogP contribution < -0.4 is 25.8 Å². The molecule has 2 heterocycles. The highest BCUT2D eigenvalue weighted by Crippen LogP contribution is 2.30. The number of carbonyl (C=O) groups excluding carboxylic acids is 1. The van der Waals surface area contributed by atoms with E-state index >= 15 is 0 Å². The maximum atomic E-state index is 12.6. The average molecular weight is 506 g/mol. The molecule has 1 saturated carbocycles. The van der Waals surface area contributed by atoms with Gasteiger partial charge in [0.2, 0.25) is 5.91 Å². The molecule has 2 aliphatic heterocycles. The van der Waals surface area contributed by atoms with E-state index in [0.717, 1.165) is 57.7 Å². The van der Waals surface area contributed by atoms with Gasteiger partial charge in [-0.3, -0.25) is 15.1 Å². The lowest BCUT2D eigenvalue weighted by molar-refractivity contribution is -0.124.